The zero-order valence-corrected chi connectivity index (χ0v) is 14.3. The van der Waals surface area contributed by atoms with E-state index in [0.717, 1.165) is 18.4 Å². The second-order valence-electron chi connectivity index (χ2n) is 6.90. The fourth-order valence-corrected chi connectivity index (χ4v) is 2.79. The molecule has 1 aromatic carbocycles. The Labute approximate surface area is 143 Å². The highest BCUT2D eigenvalue weighted by atomic mass is 16.3. The summed E-state index contributed by atoms with van der Waals surface area (Å²) < 4.78 is 0. The molecule has 24 heavy (non-hydrogen) atoms. The first-order valence-electron chi connectivity index (χ1n) is 8.30. The SMILES string of the molecule is CC(C)(CCC1C=CC(N)=CC1=C=O)NCC(O)c1ccccc1. The molecule has 2 atom stereocenters. The summed E-state index contributed by atoms with van der Waals surface area (Å²) in [6.45, 7) is 4.69. The van der Waals surface area contributed by atoms with E-state index < -0.39 is 6.10 Å². The van der Waals surface area contributed by atoms with Gasteiger partial charge in [-0.05, 0) is 44.4 Å². The summed E-state index contributed by atoms with van der Waals surface area (Å²) >= 11 is 0. The largest absolute Gasteiger partial charge is 0.399 e. The van der Waals surface area contributed by atoms with Crippen molar-refractivity contribution in [1.29, 1.82) is 0 Å². The smallest absolute Gasteiger partial charge is 0.128 e. The molecule has 0 aromatic heterocycles. The van der Waals surface area contributed by atoms with Gasteiger partial charge in [0.05, 0.1) is 6.10 Å². The molecular weight excluding hydrogens is 300 g/mol. The van der Waals surface area contributed by atoms with Crippen molar-refractivity contribution in [1.82, 2.24) is 5.32 Å². The lowest BCUT2D eigenvalue weighted by molar-refractivity contribution is 0.158. The lowest BCUT2D eigenvalue weighted by Gasteiger charge is -2.29. The summed E-state index contributed by atoms with van der Waals surface area (Å²) in [5.41, 5.74) is 7.67. The number of hydrogen-bond donors (Lipinski definition) is 3. The van der Waals surface area contributed by atoms with Crippen molar-refractivity contribution in [3.63, 3.8) is 0 Å². The Kier molecular flexibility index (Phi) is 6.16. The average Bonchev–Trinajstić information content (AvgIpc) is 2.59. The van der Waals surface area contributed by atoms with Crippen LogP contribution in [0.2, 0.25) is 0 Å². The number of benzene rings is 1. The topological polar surface area (TPSA) is 75.4 Å². The first kappa shape index (κ1) is 18.2. The fourth-order valence-electron chi connectivity index (χ4n) is 2.79. The van der Waals surface area contributed by atoms with Gasteiger partial charge >= 0.3 is 0 Å². The second kappa shape index (κ2) is 8.11. The zero-order chi connectivity index (χ0) is 17.6. The van der Waals surface area contributed by atoms with Crippen molar-refractivity contribution < 1.29 is 9.90 Å². The van der Waals surface area contributed by atoms with Crippen LogP contribution in [0.15, 0.2) is 59.8 Å². The van der Waals surface area contributed by atoms with Gasteiger partial charge in [-0.3, -0.25) is 0 Å². The van der Waals surface area contributed by atoms with Gasteiger partial charge in [-0.25, -0.2) is 4.79 Å². The Balaban J connectivity index is 1.85. The molecule has 0 radical (unpaired) electrons. The first-order chi connectivity index (χ1) is 11.4. The van der Waals surface area contributed by atoms with Gasteiger partial charge in [-0.15, -0.1) is 0 Å². The third-order valence-corrected chi connectivity index (χ3v) is 4.40. The number of allylic oxidation sites excluding steroid dienone is 4. The molecule has 0 saturated heterocycles. The van der Waals surface area contributed by atoms with Gasteiger partial charge in [0.1, 0.15) is 5.94 Å². The molecule has 4 nitrogen and oxygen atoms in total. The van der Waals surface area contributed by atoms with E-state index in [9.17, 15) is 9.90 Å². The highest BCUT2D eigenvalue weighted by molar-refractivity contribution is 5.61. The molecule has 0 bridgehead atoms. The van der Waals surface area contributed by atoms with Crippen molar-refractivity contribution >= 4 is 5.94 Å². The van der Waals surface area contributed by atoms with Crippen molar-refractivity contribution in [2.75, 3.05) is 6.54 Å². The molecule has 1 aliphatic rings. The van der Waals surface area contributed by atoms with E-state index in [2.05, 4.69) is 19.2 Å². The lowest BCUT2D eigenvalue weighted by Crippen LogP contribution is -2.41. The molecule has 4 heteroatoms. The van der Waals surface area contributed by atoms with Crippen LogP contribution in [0.4, 0.5) is 0 Å². The number of aliphatic hydroxyl groups is 1. The highest BCUT2D eigenvalue weighted by Crippen LogP contribution is 2.26. The molecule has 0 amide bonds. The minimum atomic E-state index is -0.534. The maximum absolute atomic E-state index is 11.1. The first-order valence-corrected chi connectivity index (χ1v) is 8.30. The van der Waals surface area contributed by atoms with E-state index in [-0.39, 0.29) is 11.5 Å². The third-order valence-electron chi connectivity index (χ3n) is 4.40. The molecule has 0 aliphatic heterocycles. The number of carbonyl (C=O) groups excluding carboxylic acids is 1. The Bertz CT molecular complexity index is 655. The third kappa shape index (κ3) is 5.20. The van der Waals surface area contributed by atoms with E-state index >= 15 is 0 Å². The molecular formula is C20H26N2O2. The van der Waals surface area contributed by atoms with E-state index in [1.165, 1.54) is 0 Å². The average molecular weight is 326 g/mol. The number of aliphatic hydroxyl groups excluding tert-OH is 1. The minimum Gasteiger partial charge on any atom is -0.399 e. The number of rotatable bonds is 7. The maximum atomic E-state index is 11.1. The van der Waals surface area contributed by atoms with E-state index in [1.807, 2.05) is 48.4 Å². The molecule has 2 rings (SSSR count). The second-order valence-corrected chi connectivity index (χ2v) is 6.90. The van der Waals surface area contributed by atoms with E-state index in [4.69, 9.17) is 5.73 Å². The molecule has 0 fully saturated rings. The number of β-amino-alcohol motifs (C(OH)–C–C–N with tert-alkyl or cyclic N) is 1. The van der Waals surface area contributed by atoms with Gasteiger partial charge in [0.25, 0.3) is 0 Å². The molecule has 0 spiro atoms. The van der Waals surface area contributed by atoms with Crippen molar-refractivity contribution in [3.8, 4) is 0 Å². The number of hydrogen-bond acceptors (Lipinski definition) is 4. The van der Waals surface area contributed by atoms with Crippen LogP contribution in [-0.2, 0) is 4.79 Å². The van der Waals surface area contributed by atoms with Gasteiger partial charge in [0.2, 0.25) is 0 Å². The molecule has 2 unspecified atom stereocenters. The van der Waals surface area contributed by atoms with Gasteiger partial charge in [0.15, 0.2) is 0 Å². The monoisotopic (exact) mass is 326 g/mol. The Hall–Kier alpha value is -2.13. The summed E-state index contributed by atoms with van der Waals surface area (Å²) in [5.74, 6) is 2.04. The van der Waals surface area contributed by atoms with Gasteiger partial charge in [-0.1, -0.05) is 36.4 Å². The summed E-state index contributed by atoms with van der Waals surface area (Å²) in [7, 11) is 0. The summed E-state index contributed by atoms with van der Waals surface area (Å²) in [4.78, 5) is 11.1. The number of nitrogens with one attached hydrogen (secondary N) is 1. The van der Waals surface area contributed by atoms with Crippen LogP contribution in [-0.4, -0.2) is 23.1 Å². The van der Waals surface area contributed by atoms with Crippen LogP contribution >= 0.6 is 0 Å². The van der Waals surface area contributed by atoms with Crippen LogP contribution < -0.4 is 11.1 Å². The number of nitrogens with two attached hydrogens (primary N) is 1. The summed E-state index contributed by atoms with van der Waals surface area (Å²) in [6, 6.07) is 9.62. The molecule has 1 aromatic rings. The molecule has 128 valence electrons. The minimum absolute atomic E-state index is 0.0509. The fraction of sp³-hybridized carbons (Fsp3) is 0.400. The predicted molar refractivity (Wildman–Crippen MR) is 96.8 cm³/mol. The van der Waals surface area contributed by atoms with Crippen molar-refractivity contribution in [2.24, 2.45) is 11.7 Å². The van der Waals surface area contributed by atoms with Crippen LogP contribution in [0.25, 0.3) is 0 Å². The van der Waals surface area contributed by atoms with E-state index in [0.29, 0.717) is 17.8 Å². The van der Waals surface area contributed by atoms with E-state index in [1.54, 1.807) is 6.08 Å². The maximum Gasteiger partial charge on any atom is 0.128 e. The highest BCUT2D eigenvalue weighted by Gasteiger charge is 2.22. The molecule has 0 saturated carbocycles. The molecule has 4 N–H and O–H groups in total. The van der Waals surface area contributed by atoms with Gasteiger partial charge < -0.3 is 16.2 Å². The Morgan fingerprint density at radius 3 is 2.71 bits per heavy atom. The van der Waals surface area contributed by atoms with Gasteiger partial charge in [-0.2, -0.15) is 0 Å². The predicted octanol–water partition coefficient (Wildman–Crippen LogP) is 2.66. The van der Waals surface area contributed by atoms with Crippen molar-refractivity contribution in [2.45, 2.75) is 38.3 Å². The normalized spacial score (nSPS) is 18.9. The van der Waals surface area contributed by atoms with Crippen LogP contribution in [0, 0.1) is 5.92 Å². The zero-order valence-electron chi connectivity index (χ0n) is 14.3. The standard InChI is InChI=1S/C20H26N2O2/c1-20(2,22-13-19(24)16-6-4-3-5-7-16)11-10-15-8-9-18(21)12-17(15)14-23/h3-9,12,15,19,22,24H,10-11,13,21H2,1-2H3. The summed E-state index contributed by atoms with van der Waals surface area (Å²) in [6.07, 6.45) is 6.65. The van der Waals surface area contributed by atoms with Crippen molar-refractivity contribution in [3.05, 3.63) is 65.4 Å². The van der Waals surface area contributed by atoms with Crippen LogP contribution in [0.1, 0.15) is 38.4 Å². The van der Waals surface area contributed by atoms with Crippen LogP contribution in [0.3, 0.4) is 0 Å². The molecule has 1 aliphatic carbocycles. The quantitative estimate of drug-likeness (QED) is 0.673. The Morgan fingerprint density at radius 1 is 1.33 bits per heavy atom. The van der Waals surface area contributed by atoms with Crippen LogP contribution in [0.5, 0.6) is 0 Å². The summed E-state index contributed by atoms with van der Waals surface area (Å²) in [5, 5.41) is 13.7. The lowest BCUT2D eigenvalue weighted by atomic mass is 9.86. The molecule has 0 heterocycles. The van der Waals surface area contributed by atoms with Gasteiger partial charge in [0, 0.05) is 29.3 Å². The Morgan fingerprint density at radius 2 is 2.04 bits per heavy atom.